The van der Waals surface area contributed by atoms with Gasteiger partial charge in [-0.2, -0.15) is 0 Å². The molecule has 0 amide bonds. The highest BCUT2D eigenvalue weighted by Gasteiger charge is 2.25. The van der Waals surface area contributed by atoms with Crippen molar-refractivity contribution in [3.63, 3.8) is 0 Å². The molecule has 0 spiro atoms. The van der Waals surface area contributed by atoms with Crippen LogP contribution in [0.1, 0.15) is 43.1 Å². The van der Waals surface area contributed by atoms with E-state index in [1.54, 1.807) is 0 Å². The Morgan fingerprint density at radius 3 is 2.74 bits per heavy atom. The van der Waals surface area contributed by atoms with Crippen LogP contribution in [0.2, 0.25) is 0 Å². The molecule has 100 valence electrons. The number of nitrogens with zero attached hydrogens (tertiary/aromatic N) is 2. The summed E-state index contributed by atoms with van der Waals surface area (Å²) in [5.41, 5.74) is 8.08. The van der Waals surface area contributed by atoms with Gasteiger partial charge in [0.1, 0.15) is 12.4 Å². The van der Waals surface area contributed by atoms with Crippen molar-refractivity contribution >= 4 is 0 Å². The summed E-state index contributed by atoms with van der Waals surface area (Å²) in [4.78, 5) is 4.20. The second-order valence-electron chi connectivity index (χ2n) is 5.17. The van der Waals surface area contributed by atoms with Gasteiger partial charge in [0, 0.05) is 12.1 Å². The van der Waals surface area contributed by atoms with E-state index in [9.17, 15) is 0 Å². The number of imidazole rings is 1. The molecule has 2 aromatic rings. The first-order valence-electron chi connectivity index (χ1n) is 6.73. The Balaban J connectivity index is 1.63. The van der Waals surface area contributed by atoms with Gasteiger partial charge in [0.15, 0.2) is 0 Å². The van der Waals surface area contributed by atoms with E-state index in [1.165, 1.54) is 12.8 Å². The molecule has 19 heavy (non-hydrogen) atoms. The smallest absolute Gasteiger partial charge is 0.130 e. The highest BCUT2D eigenvalue weighted by molar-refractivity contribution is 5.28. The first kappa shape index (κ1) is 12.2. The molecule has 0 aliphatic heterocycles. The van der Waals surface area contributed by atoms with Gasteiger partial charge in [-0.25, -0.2) is 4.98 Å². The van der Waals surface area contributed by atoms with E-state index in [-0.39, 0.29) is 6.04 Å². The fourth-order valence-corrected chi connectivity index (χ4v) is 2.15. The Labute approximate surface area is 113 Å². The van der Waals surface area contributed by atoms with Crippen LogP contribution in [-0.2, 0) is 6.61 Å². The molecule has 1 aromatic heterocycles. The highest BCUT2D eigenvalue weighted by Crippen LogP contribution is 2.35. The highest BCUT2D eigenvalue weighted by atomic mass is 16.5. The topological polar surface area (TPSA) is 53.1 Å². The van der Waals surface area contributed by atoms with Gasteiger partial charge in [-0.3, -0.25) is 0 Å². The largest absolute Gasteiger partial charge is 0.487 e. The van der Waals surface area contributed by atoms with Crippen molar-refractivity contribution in [2.75, 3.05) is 0 Å². The lowest BCUT2D eigenvalue weighted by atomic mass is 10.1. The van der Waals surface area contributed by atoms with E-state index in [0.717, 1.165) is 17.0 Å². The van der Waals surface area contributed by atoms with Crippen LogP contribution in [0, 0.1) is 0 Å². The van der Waals surface area contributed by atoms with Crippen molar-refractivity contribution in [2.24, 2.45) is 5.73 Å². The molecule has 1 atom stereocenters. The molecule has 1 heterocycles. The van der Waals surface area contributed by atoms with Gasteiger partial charge < -0.3 is 15.0 Å². The number of hydrogen-bond acceptors (Lipinski definition) is 3. The number of hydrogen-bond donors (Lipinski definition) is 1. The third-order valence-electron chi connectivity index (χ3n) is 3.48. The molecule has 1 fully saturated rings. The van der Waals surface area contributed by atoms with Gasteiger partial charge in [0.2, 0.25) is 0 Å². The minimum Gasteiger partial charge on any atom is -0.487 e. The summed E-state index contributed by atoms with van der Waals surface area (Å²) >= 11 is 0. The molecular weight excluding hydrogens is 238 g/mol. The van der Waals surface area contributed by atoms with Gasteiger partial charge >= 0.3 is 0 Å². The van der Waals surface area contributed by atoms with Crippen LogP contribution in [0.5, 0.6) is 5.75 Å². The number of aromatic nitrogens is 2. The van der Waals surface area contributed by atoms with Crippen molar-refractivity contribution < 1.29 is 4.74 Å². The predicted octanol–water partition coefficient (Wildman–Crippen LogP) is 2.82. The molecule has 1 aliphatic carbocycles. The third-order valence-corrected chi connectivity index (χ3v) is 3.48. The summed E-state index contributed by atoms with van der Waals surface area (Å²) in [6.07, 6.45) is 6.29. The van der Waals surface area contributed by atoms with Crippen LogP contribution >= 0.6 is 0 Å². The molecule has 0 unspecified atom stereocenters. The zero-order chi connectivity index (χ0) is 13.2. The first-order valence-corrected chi connectivity index (χ1v) is 6.73. The zero-order valence-corrected chi connectivity index (χ0v) is 11.1. The second kappa shape index (κ2) is 5.05. The summed E-state index contributed by atoms with van der Waals surface area (Å²) in [6, 6.07) is 8.66. The molecule has 1 aromatic carbocycles. The second-order valence-corrected chi connectivity index (χ2v) is 5.17. The minimum absolute atomic E-state index is 0.0605. The first-order chi connectivity index (χ1) is 9.24. The quantitative estimate of drug-likeness (QED) is 0.896. The van der Waals surface area contributed by atoms with Crippen LogP contribution in [0.4, 0.5) is 0 Å². The molecule has 1 aliphatic rings. The average molecular weight is 257 g/mol. The van der Waals surface area contributed by atoms with Crippen LogP contribution < -0.4 is 10.5 Å². The molecule has 0 saturated heterocycles. The van der Waals surface area contributed by atoms with E-state index in [2.05, 4.69) is 9.55 Å². The molecule has 3 rings (SSSR count). The maximum absolute atomic E-state index is 5.82. The monoisotopic (exact) mass is 257 g/mol. The average Bonchev–Trinajstić information content (AvgIpc) is 3.16. The number of ether oxygens (including phenoxy) is 1. The lowest BCUT2D eigenvalue weighted by molar-refractivity contribution is 0.295. The Morgan fingerprint density at radius 2 is 2.11 bits per heavy atom. The SMILES string of the molecule is C[C@H](N)c1ccc(OCc2cncn2C2CC2)cc1. The van der Waals surface area contributed by atoms with Crippen LogP contribution in [0.3, 0.4) is 0 Å². The molecule has 4 nitrogen and oxygen atoms in total. The molecule has 2 N–H and O–H groups in total. The minimum atomic E-state index is 0.0605. The summed E-state index contributed by atoms with van der Waals surface area (Å²) < 4.78 is 8.02. The van der Waals surface area contributed by atoms with E-state index in [1.807, 2.05) is 43.7 Å². The molecule has 0 radical (unpaired) electrons. The van der Waals surface area contributed by atoms with Gasteiger partial charge in [0.05, 0.1) is 18.2 Å². The van der Waals surface area contributed by atoms with Crippen molar-refractivity contribution in [3.05, 3.63) is 48.0 Å². The standard InChI is InChI=1S/C15H19N3O/c1-11(16)12-2-6-15(7-3-12)19-9-14-8-17-10-18(14)13-4-5-13/h2-3,6-8,10-11,13H,4-5,9,16H2,1H3/t11-/m0/s1. The predicted molar refractivity (Wildman–Crippen MR) is 73.9 cm³/mol. The van der Waals surface area contributed by atoms with Crippen molar-refractivity contribution in [2.45, 2.75) is 38.5 Å². The lowest BCUT2D eigenvalue weighted by Crippen LogP contribution is -2.05. The molecular formula is C15H19N3O. The summed E-state index contributed by atoms with van der Waals surface area (Å²) in [6.45, 7) is 2.54. The van der Waals surface area contributed by atoms with Crippen LogP contribution in [-0.4, -0.2) is 9.55 Å². The van der Waals surface area contributed by atoms with Crippen molar-refractivity contribution in [1.82, 2.24) is 9.55 Å². The molecule has 1 saturated carbocycles. The van der Waals surface area contributed by atoms with Crippen molar-refractivity contribution in [1.29, 1.82) is 0 Å². The number of nitrogens with two attached hydrogens (primary N) is 1. The maximum Gasteiger partial charge on any atom is 0.130 e. The van der Waals surface area contributed by atoms with Crippen LogP contribution in [0.25, 0.3) is 0 Å². The van der Waals surface area contributed by atoms with Crippen molar-refractivity contribution in [3.8, 4) is 5.75 Å². The number of rotatable bonds is 5. The lowest BCUT2D eigenvalue weighted by Gasteiger charge is -2.10. The summed E-state index contributed by atoms with van der Waals surface area (Å²) in [7, 11) is 0. The third kappa shape index (κ3) is 2.79. The van der Waals surface area contributed by atoms with E-state index < -0.39 is 0 Å². The van der Waals surface area contributed by atoms with Gasteiger partial charge in [0.25, 0.3) is 0 Å². The van der Waals surface area contributed by atoms with Crippen LogP contribution in [0.15, 0.2) is 36.8 Å². The van der Waals surface area contributed by atoms with Gasteiger partial charge in [-0.1, -0.05) is 12.1 Å². The maximum atomic E-state index is 5.82. The molecule has 4 heteroatoms. The van der Waals surface area contributed by atoms with E-state index >= 15 is 0 Å². The fourth-order valence-electron chi connectivity index (χ4n) is 2.15. The van der Waals surface area contributed by atoms with E-state index in [0.29, 0.717) is 12.6 Å². The zero-order valence-electron chi connectivity index (χ0n) is 11.1. The summed E-state index contributed by atoms with van der Waals surface area (Å²) in [5.74, 6) is 0.868. The normalized spacial score (nSPS) is 16.3. The van der Waals surface area contributed by atoms with Gasteiger partial charge in [-0.15, -0.1) is 0 Å². The van der Waals surface area contributed by atoms with E-state index in [4.69, 9.17) is 10.5 Å². The number of benzene rings is 1. The Kier molecular flexibility index (Phi) is 3.25. The fraction of sp³-hybridized carbons (Fsp3) is 0.400. The van der Waals surface area contributed by atoms with Gasteiger partial charge in [-0.05, 0) is 37.5 Å². The summed E-state index contributed by atoms with van der Waals surface area (Å²) in [5, 5.41) is 0. The molecule has 0 bridgehead atoms. The Hall–Kier alpha value is -1.81. The Bertz CT molecular complexity index is 541. The Morgan fingerprint density at radius 1 is 1.37 bits per heavy atom.